The van der Waals surface area contributed by atoms with Crippen molar-refractivity contribution in [1.29, 1.82) is 0 Å². The Balaban J connectivity index is 1.56. The first-order chi connectivity index (χ1) is 17.6. The summed E-state index contributed by atoms with van der Waals surface area (Å²) >= 11 is 0. The van der Waals surface area contributed by atoms with Crippen molar-refractivity contribution in [3.63, 3.8) is 0 Å². The topological polar surface area (TPSA) is 151 Å². The van der Waals surface area contributed by atoms with Crippen molar-refractivity contribution in [3.05, 3.63) is 35.4 Å². The van der Waals surface area contributed by atoms with Crippen LogP contribution in [0.2, 0.25) is 0 Å². The van der Waals surface area contributed by atoms with Gasteiger partial charge in [-0.1, -0.05) is 0 Å². The molecule has 13 heteroatoms. The van der Waals surface area contributed by atoms with Gasteiger partial charge in [0.25, 0.3) is 0 Å². The number of fused-ring (bicyclic) bond motifs is 1. The lowest BCUT2D eigenvalue weighted by molar-refractivity contribution is -0.156. The third-order valence-corrected chi connectivity index (χ3v) is 5.94. The molecule has 1 N–H and O–H groups in total. The van der Waals surface area contributed by atoms with E-state index in [0.717, 1.165) is 11.3 Å². The minimum atomic E-state index is -0.969. The molecule has 198 valence electrons. The van der Waals surface area contributed by atoms with E-state index in [1.54, 1.807) is 38.8 Å². The first-order valence-electron chi connectivity index (χ1n) is 12.1. The number of amides is 1. The zero-order valence-electron chi connectivity index (χ0n) is 21.4. The van der Waals surface area contributed by atoms with Crippen LogP contribution in [-0.4, -0.2) is 92.4 Å². The van der Waals surface area contributed by atoms with Crippen molar-refractivity contribution in [2.45, 2.75) is 52.3 Å². The highest BCUT2D eigenvalue weighted by Gasteiger charge is 2.38. The van der Waals surface area contributed by atoms with Crippen molar-refractivity contribution in [2.75, 3.05) is 42.6 Å². The van der Waals surface area contributed by atoms with Gasteiger partial charge in [-0.2, -0.15) is 0 Å². The maximum Gasteiger partial charge on any atom is 0.407 e. The molecule has 0 aliphatic carbocycles. The van der Waals surface area contributed by atoms with E-state index in [9.17, 15) is 19.5 Å². The minimum absolute atomic E-state index is 0.224. The summed E-state index contributed by atoms with van der Waals surface area (Å²) in [5.74, 6) is -0.193. The number of carbonyl (C=O) groups is 3. The van der Waals surface area contributed by atoms with Crippen molar-refractivity contribution < 1.29 is 29.0 Å². The highest BCUT2D eigenvalue weighted by molar-refractivity contribution is 5.88. The molecule has 0 radical (unpaired) electrons. The molecule has 2 aliphatic rings. The number of carboxylic acid groups (broad SMARTS) is 1. The standard InChI is InChI=1S/C24H31N7O6/c1-5-36-19(32)15-10-25-21(26-11-15)31-9-8-29(14-18(31)20(33)37-24(2,3)4)22-27-12-16-13-30(23(34)35)7-6-17(16)28-22/h10-12,18H,5-9,13-14H2,1-4H3,(H,34,35). The van der Waals surface area contributed by atoms with E-state index < -0.39 is 29.7 Å². The molecule has 13 nitrogen and oxygen atoms in total. The number of esters is 2. The fourth-order valence-electron chi connectivity index (χ4n) is 4.19. The summed E-state index contributed by atoms with van der Waals surface area (Å²) in [5, 5.41) is 9.26. The molecule has 0 saturated carbocycles. The van der Waals surface area contributed by atoms with Crippen molar-refractivity contribution in [2.24, 2.45) is 0 Å². The number of anilines is 2. The quantitative estimate of drug-likeness (QED) is 0.577. The number of hydrogen-bond acceptors (Lipinski definition) is 11. The Morgan fingerprint density at radius 1 is 1.05 bits per heavy atom. The number of carbonyl (C=O) groups excluding carboxylic acids is 2. The van der Waals surface area contributed by atoms with E-state index in [2.05, 4.69) is 19.9 Å². The molecule has 4 heterocycles. The van der Waals surface area contributed by atoms with Crippen LogP contribution in [0.3, 0.4) is 0 Å². The third-order valence-electron chi connectivity index (χ3n) is 5.94. The molecule has 0 spiro atoms. The van der Waals surface area contributed by atoms with Gasteiger partial charge in [0.1, 0.15) is 11.6 Å². The second-order valence-corrected chi connectivity index (χ2v) is 9.78. The molecule has 1 fully saturated rings. The van der Waals surface area contributed by atoms with Gasteiger partial charge in [-0.05, 0) is 27.7 Å². The molecule has 1 atom stereocenters. The van der Waals surface area contributed by atoms with Gasteiger partial charge in [-0.15, -0.1) is 0 Å². The lowest BCUT2D eigenvalue weighted by atomic mass is 10.1. The van der Waals surface area contributed by atoms with Gasteiger partial charge in [-0.3, -0.25) is 0 Å². The van der Waals surface area contributed by atoms with Crippen LogP contribution in [0.4, 0.5) is 16.7 Å². The van der Waals surface area contributed by atoms with E-state index in [-0.39, 0.29) is 25.3 Å². The molecule has 0 bridgehead atoms. The number of nitrogens with zero attached hydrogens (tertiary/aromatic N) is 7. The number of rotatable bonds is 5. The SMILES string of the molecule is CCOC(=O)c1cnc(N2CCN(c3ncc4c(n3)CCN(C(=O)O)C4)CC2C(=O)OC(C)(C)C)nc1. The summed E-state index contributed by atoms with van der Waals surface area (Å²) in [6.45, 7) is 9.08. The highest BCUT2D eigenvalue weighted by atomic mass is 16.6. The van der Waals surface area contributed by atoms with E-state index in [4.69, 9.17) is 9.47 Å². The van der Waals surface area contributed by atoms with Crippen LogP contribution in [0.1, 0.15) is 49.3 Å². The van der Waals surface area contributed by atoms with E-state index in [0.29, 0.717) is 38.0 Å². The summed E-state index contributed by atoms with van der Waals surface area (Å²) in [6, 6.07) is -0.747. The lowest BCUT2D eigenvalue weighted by Crippen LogP contribution is -2.58. The maximum atomic E-state index is 13.2. The van der Waals surface area contributed by atoms with Crippen molar-refractivity contribution in [3.8, 4) is 0 Å². The predicted molar refractivity (Wildman–Crippen MR) is 131 cm³/mol. The zero-order chi connectivity index (χ0) is 26.7. The second kappa shape index (κ2) is 10.5. The van der Waals surface area contributed by atoms with Gasteiger partial charge < -0.3 is 29.3 Å². The summed E-state index contributed by atoms with van der Waals surface area (Å²) < 4.78 is 10.7. The van der Waals surface area contributed by atoms with Crippen LogP contribution < -0.4 is 9.80 Å². The van der Waals surface area contributed by atoms with Crippen LogP contribution in [0.15, 0.2) is 18.6 Å². The molecule has 37 heavy (non-hydrogen) atoms. The zero-order valence-corrected chi connectivity index (χ0v) is 21.4. The number of aromatic nitrogens is 4. The van der Waals surface area contributed by atoms with E-state index in [1.807, 2.05) is 4.90 Å². The molecular weight excluding hydrogens is 482 g/mol. The first kappa shape index (κ1) is 26.0. The van der Waals surface area contributed by atoms with Gasteiger partial charge >= 0.3 is 18.0 Å². The minimum Gasteiger partial charge on any atom is -0.465 e. The van der Waals surface area contributed by atoms with Gasteiger partial charge in [0.05, 0.1) is 31.0 Å². The fourth-order valence-corrected chi connectivity index (χ4v) is 4.19. The van der Waals surface area contributed by atoms with Crippen LogP contribution in [0, 0.1) is 0 Å². The van der Waals surface area contributed by atoms with Gasteiger partial charge in [0.15, 0.2) is 0 Å². The molecule has 1 saturated heterocycles. The largest absolute Gasteiger partial charge is 0.465 e. The third kappa shape index (κ3) is 6.04. The molecule has 4 rings (SSSR count). The van der Waals surface area contributed by atoms with Gasteiger partial charge in [-0.25, -0.2) is 34.3 Å². The Morgan fingerprint density at radius 2 is 1.76 bits per heavy atom. The number of piperazine rings is 1. The highest BCUT2D eigenvalue weighted by Crippen LogP contribution is 2.24. The average molecular weight is 514 g/mol. The van der Waals surface area contributed by atoms with Crippen molar-refractivity contribution in [1.82, 2.24) is 24.8 Å². The Hall–Kier alpha value is -4.03. The predicted octanol–water partition coefficient (Wildman–Crippen LogP) is 1.52. The number of hydrogen-bond donors (Lipinski definition) is 1. The Labute approximate surface area is 214 Å². The second-order valence-electron chi connectivity index (χ2n) is 9.78. The first-order valence-corrected chi connectivity index (χ1v) is 12.1. The van der Waals surface area contributed by atoms with Crippen molar-refractivity contribution >= 4 is 29.9 Å². The van der Waals surface area contributed by atoms with Crippen LogP contribution in [0.25, 0.3) is 0 Å². The van der Waals surface area contributed by atoms with E-state index in [1.165, 1.54) is 17.3 Å². The average Bonchev–Trinajstić information content (AvgIpc) is 2.87. The molecule has 0 aromatic carbocycles. The Morgan fingerprint density at radius 3 is 2.41 bits per heavy atom. The molecule has 1 unspecified atom stereocenters. The molecular formula is C24H31N7O6. The smallest absolute Gasteiger partial charge is 0.407 e. The van der Waals surface area contributed by atoms with Gasteiger partial charge in [0.2, 0.25) is 11.9 Å². The van der Waals surface area contributed by atoms with Gasteiger partial charge in [0, 0.05) is 50.2 Å². The summed E-state index contributed by atoms with van der Waals surface area (Å²) in [6.07, 6.45) is 3.94. The lowest BCUT2D eigenvalue weighted by Gasteiger charge is -2.41. The summed E-state index contributed by atoms with van der Waals surface area (Å²) in [5.41, 5.74) is 1.10. The molecule has 2 aromatic rings. The summed E-state index contributed by atoms with van der Waals surface area (Å²) in [4.78, 5) is 59.3. The maximum absolute atomic E-state index is 13.2. The normalized spacial score (nSPS) is 17.7. The molecule has 2 aromatic heterocycles. The Kier molecular flexibility index (Phi) is 7.41. The fraction of sp³-hybridized carbons (Fsp3) is 0.542. The Bertz CT molecular complexity index is 1170. The van der Waals surface area contributed by atoms with Crippen LogP contribution >= 0.6 is 0 Å². The molecule has 2 aliphatic heterocycles. The number of ether oxygens (including phenoxy) is 2. The van der Waals surface area contributed by atoms with Crippen LogP contribution in [-0.2, 0) is 27.2 Å². The summed E-state index contributed by atoms with van der Waals surface area (Å²) in [7, 11) is 0. The van der Waals surface area contributed by atoms with E-state index >= 15 is 0 Å². The monoisotopic (exact) mass is 513 g/mol. The molecule has 1 amide bonds. The van der Waals surface area contributed by atoms with Crippen LogP contribution in [0.5, 0.6) is 0 Å².